The van der Waals surface area contributed by atoms with Gasteiger partial charge >= 0.3 is 13.1 Å². The van der Waals surface area contributed by atoms with Crippen LogP contribution in [0, 0.1) is 0 Å². The van der Waals surface area contributed by atoms with Crippen LogP contribution in [-0.2, 0) is 18.8 Å². The Morgan fingerprint density at radius 1 is 1.12 bits per heavy atom. The van der Waals surface area contributed by atoms with E-state index in [0.717, 1.165) is 20.8 Å². The van der Waals surface area contributed by atoms with Crippen molar-refractivity contribution in [1.82, 2.24) is 0 Å². The maximum absolute atomic E-state index is 12.1. The van der Waals surface area contributed by atoms with Gasteiger partial charge in [-0.15, -0.1) is 0 Å². The summed E-state index contributed by atoms with van der Waals surface area (Å²) in [5.41, 5.74) is 0.0534. The van der Waals surface area contributed by atoms with Gasteiger partial charge in [-0.3, -0.25) is 4.79 Å². The average Bonchev–Trinajstić information content (AvgIpc) is 2.81. The van der Waals surface area contributed by atoms with E-state index in [9.17, 15) is 4.79 Å². The number of halogens is 1. The molecule has 1 fully saturated rings. The van der Waals surface area contributed by atoms with Crippen LogP contribution >= 0.6 is 15.9 Å². The first-order valence-electron chi connectivity index (χ1n) is 8.76. The maximum atomic E-state index is 12.1. The lowest BCUT2D eigenvalue weighted by atomic mass is 9.66. The van der Waals surface area contributed by atoms with Crippen molar-refractivity contribution in [3.63, 3.8) is 0 Å². The number of carbonyl (C=O) groups is 1. The molecule has 0 saturated carbocycles. The summed E-state index contributed by atoms with van der Waals surface area (Å²) < 4.78 is 18.4. The molecule has 0 spiro atoms. The van der Waals surface area contributed by atoms with Gasteiger partial charge in [0.1, 0.15) is 0 Å². The number of carbonyl (C=O) groups excluding carboxylic acids is 1. The first kappa shape index (κ1) is 19.4. The highest BCUT2D eigenvalue weighted by molar-refractivity contribution is 9.10. The van der Waals surface area contributed by atoms with Crippen LogP contribution in [-0.4, -0.2) is 31.4 Å². The number of hydrogen-bond donors (Lipinski definition) is 0. The first-order valence-corrected chi connectivity index (χ1v) is 9.55. The zero-order chi connectivity index (χ0) is 19.1. The number of rotatable bonds is 4. The van der Waals surface area contributed by atoms with Crippen LogP contribution in [0.5, 0.6) is 0 Å². The Bertz CT molecular complexity index is 818. The monoisotopic (exact) mass is 418 g/mol. The topological polar surface area (TPSA) is 44.8 Å². The van der Waals surface area contributed by atoms with Gasteiger partial charge in [0.25, 0.3) is 0 Å². The van der Waals surface area contributed by atoms with Gasteiger partial charge in [-0.2, -0.15) is 0 Å². The van der Waals surface area contributed by atoms with Gasteiger partial charge in [0.2, 0.25) is 0 Å². The van der Waals surface area contributed by atoms with E-state index in [1.807, 2.05) is 45.9 Å². The van der Waals surface area contributed by atoms with Gasteiger partial charge in [0.15, 0.2) is 0 Å². The first-order chi connectivity index (χ1) is 12.2. The molecule has 3 rings (SSSR count). The number of fused-ring (bicyclic) bond motifs is 1. The fourth-order valence-corrected chi connectivity index (χ4v) is 3.99. The quantitative estimate of drug-likeness (QED) is 0.524. The van der Waals surface area contributed by atoms with Gasteiger partial charge in [0, 0.05) is 10.3 Å². The fraction of sp³-hybridized carbons (Fsp3) is 0.450. The molecule has 6 heteroatoms. The highest BCUT2D eigenvalue weighted by atomic mass is 79.9. The zero-order valence-corrected chi connectivity index (χ0v) is 17.4. The molecule has 138 valence electrons. The minimum atomic E-state index is -0.531. The molecule has 1 saturated heterocycles. The van der Waals surface area contributed by atoms with Crippen LogP contribution in [0.3, 0.4) is 0 Å². The van der Waals surface area contributed by atoms with Gasteiger partial charge < -0.3 is 14.0 Å². The molecule has 0 aromatic heterocycles. The molecule has 1 atom stereocenters. The SMILES string of the molecule is COC(=O)CC(B1OC(C)(C)C(C)(C)O1)c1ccc2ccccc2c1Br. The molecule has 0 amide bonds. The van der Waals surface area contributed by atoms with Crippen LogP contribution in [0.4, 0.5) is 0 Å². The van der Waals surface area contributed by atoms with E-state index < -0.39 is 18.3 Å². The van der Waals surface area contributed by atoms with E-state index in [1.165, 1.54) is 7.11 Å². The van der Waals surface area contributed by atoms with Crippen molar-refractivity contribution in [3.8, 4) is 0 Å². The van der Waals surface area contributed by atoms with E-state index in [0.29, 0.717) is 0 Å². The normalized spacial score (nSPS) is 19.5. The van der Waals surface area contributed by atoms with E-state index >= 15 is 0 Å². The van der Waals surface area contributed by atoms with Crippen LogP contribution in [0.25, 0.3) is 10.8 Å². The van der Waals surface area contributed by atoms with E-state index in [1.54, 1.807) is 0 Å². The Morgan fingerprint density at radius 2 is 1.73 bits per heavy atom. The molecule has 1 heterocycles. The lowest BCUT2D eigenvalue weighted by Crippen LogP contribution is -2.41. The van der Waals surface area contributed by atoms with Crippen molar-refractivity contribution < 1.29 is 18.8 Å². The largest absolute Gasteiger partial charge is 0.469 e. The smallest absolute Gasteiger partial charge is 0.466 e. The van der Waals surface area contributed by atoms with Gasteiger partial charge in [-0.05, 0) is 60.0 Å². The summed E-state index contributed by atoms with van der Waals surface area (Å²) in [6, 6.07) is 12.2. The summed E-state index contributed by atoms with van der Waals surface area (Å²) in [5.74, 6) is -0.563. The molecule has 1 aliphatic heterocycles. The number of ether oxygens (including phenoxy) is 1. The van der Waals surface area contributed by atoms with E-state index in [4.69, 9.17) is 14.0 Å². The second-order valence-electron chi connectivity index (χ2n) is 7.70. The van der Waals surface area contributed by atoms with Crippen LogP contribution in [0.2, 0.25) is 0 Å². The van der Waals surface area contributed by atoms with Crippen molar-refractivity contribution in [2.24, 2.45) is 0 Å². The Balaban J connectivity index is 2.05. The fourth-order valence-electron chi connectivity index (χ4n) is 3.21. The van der Waals surface area contributed by atoms with Crippen molar-refractivity contribution in [1.29, 1.82) is 0 Å². The van der Waals surface area contributed by atoms with Crippen molar-refractivity contribution >= 4 is 39.8 Å². The molecule has 4 nitrogen and oxygen atoms in total. The lowest BCUT2D eigenvalue weighted by molar-refractivity contribution is -0.140. The third-order valence-electron chi connectivity index (χ3n) is 5.51. The Kier molecular flexibility index (Phi) is 5.21. The second-order valence-corrected chi connectivity index (χ2v) is 8.49. The Labute approximate surface area is 163 Å². The third-order valence-corrected chi connectivity index (χ3v) is 6.39. The number of benzene rings is 2. The average molecular weight is 419 g/mol. The van der Waals surface area contributed by atoms with Gasteiger partial charge in [-0.25, -0.2) is 0 Å². The molecular formula is C20H24BBrO4. The molecule has 26 heavy (non-hydrogen) atoms. The van der Waals surface area contributed by atoms with Crippen molar-refractivity contribution in [2.75, 3.05) is 7.11 Å². The standard InChI is InChI=1S/C20H24BBrO4/c1-19(2)20(3,4)26-21(25-19)16(12-17(23)24-5)15-11-10-13-8-6-7-9-14(13)18(15)22/h6-11,16H,12H2,1-5H3. The van der Waals surface area contributed by atoms with E-state index in [-0.39, 0.29) is 18.2 Å². The van der Waals surface area contributed by atoms with Crippen molar-refractivity contribution in [3.05, 3.63) is 46.4 Å². The molecule has 0 bridgehead atoms. The Hall–Kier alpha value is -1.37. The number of hydrogen-bond acceptors (Lipinski definition) is 4. The van der Waals surface area contributed by atoms with Crippen molar-refractivity contribution in [2.45, 2.75) is 51.1 Å². The van der Waals surface area contributed by atoms with Crippen LogP contribution in [0.15, 0.2) is 40.9 Å². The number of methoxy groups -OCH3 is 1. The van der Waals surface area contributed by atoms with Crippen LogP contribution in [0.1, 0.15) is 45.5 Å². The predicted molar refractivity (Wildman–Crippen MR) is 107 cm³/mol. The molecule has 0 N–H and O–H groups in total. The summed E-state index contributed by atoms with van der Waals surface area (Å²) in [6.07, 6.45) is 0.185. The molecule has 2 aromatic rings. The molecule has 0 radical (unpaired) electrons. The minimum Gasteiger partial charge on any atom is -0.469 e. The van der Waals surface area contributed by atoms with Gasteiger partial charge in [-0.1, -0.05) is 36.4 Å². The number of esters is 1. The highest BCUT2D eigenvalue weighted by Gasteiger charge is 2.54. The summed E-state index contributed by atoms with van der Waals surface area (Å²) >= 11 is 3.74. The van der Waals surface area contributed by atoms with Crippen LogP contribution < -0.4 is 0 Å². The van der Waals surface area contributed by atoms with Gasteiger partial charge in [0.05, 0.1) is 24.7 Å². The summed E-state index contributed by atoms with van der Waals surface area (Å²) in [5, 5.41) is 2.23. The molecule has 0 aliphatic carbocycles. The predicted octanol–water partition coefficient (Wildman–Crippen LogP) is 4.88. The molecule has 1 unspecified atom stereocenters. The third kappa shape index (κ3) is 3.42. The zero-order valence-electron chi connectivity index (χ0n) is 15.8. The Morgan fingerprint density at radius 3 is 2.35 bits per heavy atom. The minimum absolute atomic E-state index is 0.185. The summed E-state index contributed by atoms with van der Waals surface area (Å²) in [6.45, 7) is 8.05. The maximum Gasteiger partial charge on any atom is 0.466 e. The lowest BCUT2D eigenvalue weighted by Gasteiger charge is -2.32. The molecular weight excluding hydrogens is 395 g/mol. The second kappa shape index (κ2) is 6.99. The summed E-state index contributed by atoms with van der Waals surface area (Å²) in [7, 11) is 0.871. The summed E-state index contributed by atoms with van der Waals surface area (Å²) in [4.78, 5) is 12.1. The van der Waals surface area contributed by atoms with E-state index in [2.05, 4.69) is 34.1 Å². The highest BCUT2D eigenvalue weighted by Crippen LogP contribution is 2.44. The molecule has 2 aromatic carbocycles. The molecule has 1 aliphatic rings.